The van der Waals surface area contributed by atoms with E-state index in [9.17, 15) is 4.79 Å². The highest BCUT2D eigenvalue weighted by molar-refractivity contribution is 5.96. The van der Waals surface area contributed by atoms with Gasteiger partial charge in [-0.1, -0.05) is 55.0 Å². The monoisotopic (exact) mass is 267 g/mol. The van der Waals surface area contributed by atoms with Gasteiger partial charge in [-0.05, 0) is 37.5 Å². The van der Waals surface area contributed by atoms with Crippen LogP contribution in [0.25, 0.3) is 0 Å². The Hall–Kier alpha value is -2.09. The molecule has 0 heterocycles. The predicted molar refractivity (Wildman–Crippen MR) is 82.9 cm³/mol. The van der Waals surface area contributed by atoms with Crippen LogP contribution < -0.4 is 5.32 Å². The van der Waals surface area contributed by atoms with Crippen molar-refractivity contribution in [2.24, 2.45) is 0 Å². The average Bonchev–Trinajstić information content (AvgIpc) is 2.48. The highest BCUT2D eigenvalue weighted by Gasteiger charge is 2.15. The zero-order valence-corrected chi connectivity index (χ0v) is 12.3. The SMILES string of the molecule is CC[C@@H](NC(=O)c1cc(C)ccc1C)c1ccccc1. The fraction of sp³-hybridized carbons (Fsp3) is 0.278. The van der Waals surface area contributed by atoms with Crippen LogP contribution in [0.1, 0.15) is 46.4 Å². The number of benzene rings is 2. The van der Waals surface area contributed by atoms with Crippen molar-refractivity contribution in [3.63, 3.8) is 0 Å². The Balaban J connectivity index is 2.20. The maximum atomic E-state index is 12.4. The number of hydrogen-bond donors (Lipinski definition) is 1. The lowest BCUT2D eigenvalue weighted by Crippen LogP contribution is -2.28. The molecule has 2 rings (SSSR count). The van der Waals surface area contributed by atoms with E-state index in [2.05, 4.69) is 24.4 Å². The lowest BCUT2D eigenvalue weighted by atomic mass is 10.0. The summed E-state index contributed by atoms with van der Waals surface area (Å²) < 4.78 is 0. The van der Waals surface area contributed by atoms with Crippen LogP contribution in [-0.4, -0.2) is 5.91 Å². The molecule has 0 aliphatic heterocycles. The summed E-state index contributed by atoms with van der Waals surface area (Å²) in [7, 11) is 0. The number of carbonyl (C=O) groups is 1. The Kier molecular flexibility index (Phi) is 4.57. The molecule has 0 bridgehead atoms. The van der Waals surface area contributed by atoms with Crippen molar-refractivity contribution in [3.05, 3.63) is 70.8 Å². The van der Waals surface area contributed by atoms with E-state index in [1.54, 1.807) is 0 Å². The second kappa shape index (κ2) is 6.38. The summed E-state index contributed by atoms with van der Waals surface area (Å²) in [6.07, 6.45) is 0.876. The summed E-state index contributed by atoms with van der Waals surface area (Å²) >= 11 is 0. The maximum Gasteiger partial charge on any atom is 0.252 e. The van der Waals surface area contributed by atoms with Crippen LogP contribution in [0.2, 0.25) is 0 Å². The molecule has 2 aromatic rings. The van der Waals surface area contributed by atoms with Gasteiger partial charge in [0.15, 0.2) is 0 Å². The third kappa shape index (κ3) is 3.27. The molecule has 20 heavy (non-hydrogen) atoms. The molecule has 0 aliphatic rings. The Bertz CT molecular complexity index is 590. The Morgan fingerprint density at radius 2 is 1.80 bits per heavy atom. The molecule has 2 aromatic carbocycles. The predicted octanol–water partition coefficient (Wildman–Crippen LogP) is 4.18. The van der Waals surface area contributed by atoms with Gasteiger partial charge in [-0.15, -0.1) is 0 Å². The fourth-order valence-electron chi connectivity index (χ4n) is 2.32. The van der Waals surface area contributed by atoms with Gasteiger partial charge in [0.1, 0.15) is 0 Å². The minimum atomic E-state index is 0.00176. The van der Waals surface area contributed by atoms with Crippen LogP contribution in [0.5, 0.6) is 0 Å². The van der Waals surface area contributed by atoms with Crippen molar-refractivity contribution in [2.75, 3.05) is 0 Å². The van der Waals surface area contributed by atoms with Gasteiger partial charge in [0.05, 0.1) is 6.04 Å². The van der Waals surface area contributed by atoms with Crippen molar-refractivity contribution in [1.29, 1.82) is 0 Å². The normalized spacial score (nSPS) is 11.9. The molecule has 1 atom stereocenters. The van der Waals surface area contributed by atoms with Gasteiger partial charge in [-0.3, -0.25) is 4.79 Å². The molecular weight excluding hydrogens is 246 g/mol. The van der Waals surface area contributed by atoms with E-state index < -0.39 is 0 Å². The van der Waals surface area contributed by atoms with Crippen LogP contribution in [0.15, 0.2) is 48.5 Å². The van der Waals surface area contributed by atoms with Gasteiger partial charge in [0.2, 0.25) is 0 Å². The third-order valence-electron chi connectivity index (χ3n) is 3.55. The first kappa shape index (κ1) is 14.3. The van der Waals surface area contributed by atoms with Crippen LogP contribution in [0.3, 0.4) is 0 Å². The van der Waals surface area contributed by atoms with Crippen LogP contribution in [-0.2, 0) is 0 Å². The summed E-state index contributed by atoms with van der Waals surface area (Å²) in [5.41, 5.74) is 4.03. The third-order valence-corrected chi connectivity index (χ3v) is 3.55. The lowest BCUT2D eigenvalue weighted by molar-refractivity contribution is 0.0935. The Labute approximate surface area is 120 Å². The summed E-state index contributed by atoms with van der Waals surface area (Å²) in [6, 6.07) is 16.1. The first-order valence-electron chi connectivity index (χ1n) is 7.05. The molecule has 0 unspecified atom stereocenters. The number of nitrogens with one attached hydrogen (secondary N) is 1. The summed E-state index contributed by atoms with van der Waals surface area (Å²) in [5.74, 6) is 0.00176. The van der Waals surface area contributed by atoms with Crippen molar-refractivity contribution in [2.45, 2.75) is 33.2 Å². The molecule has 104 valence electrons. The minimum absolute atomic E-state index is 0.00176. The quantitative estimate of drug-likeness (QED) is 0.884. The van der Waals surface area contributed by atoms with Crippen LogP contribution >= 0.6 is 0 Å². The van der Waals surface area contributed by atoms with Gasteiger partial charge < -0.3 is 5.32 Å². The molecular formula is C18H21NO. The lowest BCUT2D eigenvalue weighted by Gasteiger charge is -2.18. The number of carbonyl (C=O) groups excluding carboxylic acids is 1. The van der Waals surface area contributed by atoms with E-state index in [1.807, 2.05) is 50.2 Å². The van der Waals surface area contributed by atoms with Crippen molar-refractivity contribution in [3.8, 4) is 0 Å². The van der Waals surface area contributed by atoms with E-state index in [0.29, 0.717) is 0 Å². The highest BCUT2D eigenvalue weighted by Crippen LogP contribution is 2.18. The largest absolute Gasteiger partial charge is 0.345 e. The molecule has 0 fully saturated rings. The van der Waals surface area contributed by atoms with Gasteiger partial charge >= 0.3 is 0 Å². The van der Waals surface area contributed by atoms with E-state index in [0.717, 1.165) is 28.7 Å². The number of aryl methyl sites for hydroxylation is 2. The second-order valence-corrected chi connectivity index (χ2v) is 5.16. The first-order chi connectivity index (χ1) is 9.61. The molecule has 0 spiro atoms. The molecule has 0 saturated carbocycles. The first-order valence-corrected chi connectivity index (χ1v) is 7.05. The molecule has 1 N–H and O–H groups in total. The topological polar surface area (TPSA) is 29.1 Å². The van der Waals surface area contributed by atoms with Gasteiger partial charge in [0.25, 0.3) is 5.91 Å². The smallest absolute Gasteiger partial charge is 0.252 e. The van der Waals surface area contributed by atoms with Crippen molar-refractivity contribution < 1.29 is 4.79 Å². The number of rotatable bonds is 4. The minimum Gasteiger partial charge on any atom is -0.345 e. The molecule has 2 heteroatoms. The zero-order chi connectivity index (χ0) is 14.5. The number of hydrogen-bond acceptors (Lipinski definition) is 1. The fourth-order valence-corrected chi connectivity index (χ4v) is 2.32. The van der Waals surface area contributed by atoms with E-state index in [-0.39, 0.29) is 11.9 Å². The van der Waals surface area contributed by atoms with Crippen LogP contribution in [0, 0.1) is 13.8 Å². The highest BCUT2D eigenvalue weighted by atomic mass is 16.1. The summed E-state index contributed by atoms with van der Waals surface area (Å²) in [6.45, 7) is 6.06. The summed E-state index contributed by atoms with van der Waals surface area (Å²) in [4.78, 5) is 12.4. The van der Waals surface area contributed by atoms with E-state index >= 15 is 0 Å². The molecule has 2 nitrogen and oxygen atoms in total. The number of amides is 1. The Morgan fingerprint density at radius 3 is 2.45 bits per heavy atom. The molecule has 0 saturated heterocycles. The summed E-state index contributed by atoms with van der Waals surface area (Å²) in [5, 5.41) is 3.13. The van der Waals surface area contributed by atoms with E-state index in [4.69, 9.17) is 0 Å². The zero-order valence-electron chi connectivity index (χ0n) is 12.3. The second-order valence-electron chi connectivity index (χ2n) is 5.16. The van der Waals surface area contributed by atoms with E-state index in [1.165, 1.54) is 0 Å². The van der Waals surface area contributed by atoms with Gasteiger partial charge in [0, 0.05) is 5.56 Å². The van der Waals surface area contributed by atoms with Gasteiger partial charge in [-0.2, -0.15) is 0 Å². The average molecular weight is 267 g/mol. The Morgan fingerprint density at radius 1 is 1.10 bits per heavy atom. The molecule has 0 aromatic heterocycles. The van der Waals surface area contributed by atoms with Crippen LogP contribution in [0.4, 0.5) is 0 Å². The molecule has 1 amide bonds. The molecule has 0 radical (unpaired) electrons. The van der Waals surface area contributed by atoms with Crippen molar-refractivity contribution in [1.82, 2.24) is 5.32 Å². The standard InChI is InChI=1S/C18H21NO/c1-4-17(15-8-6-5-7-9-15)19-18(20)16-12-13(2)10-11-14(16)3/h5-12,17H,4H2,1-3H3,(H,19,20)/t17-/m1/s1. The molecule has 0 aliphatic carbocycles. The van der Waals surface area contributed by atoms with Gasteiger partial charge in [-0.25, -0.2) is 0 Å². The maximum absolute atomic E-state index is 12.4. The van der Waals surface area contributed by atoms with Crippen molar-refractivity contribution >= 4 is 5.91 Å².